The van der Waals surface area contributed by atoms with Gasteiger partial charge >= 0.3 is 6.03 Å². The second-order valence-corrected chi connectivity index (χ2v) is 7.38. The Hall–Kier alpha value is -2.18. The number of carbonyl (C=O) groups is 2. The van der Waals surface area contributed by atoms with Crippen molar-refractivity contribution < 1.29 is 14.9 Å². The average molecular weight is 361 g/mol. The lowest BCUT2D eigenvalue weighted by atomic mass is 9.99. The summed E-state index contributed by atoms with van der Waals surface area (Å²) in [5.41, 5.74) is 2.48. The molecule has 1 aromatic carbocycles. The lowest BCUT2D eigenvalue weighted by Crippen LogP contribution is -2.87. The molecule has 2 aromatic rings. The number of quaternary nitrogens is 1. The predicted octanol–water partition coefficient (Wildman–Crippen LogP) is 2.06. The van der Waals surface area contributed by atoms with Gasteiger partial charge in [-0.3, -0.25) is 10.1 Å². The number of amides is 3. The largest absolute Gasteiger partial charge is 0.341 e. The quantitative estimate of drug-likeness (QED) is 0.707. The van der Waals surface area contributed by atoms with E-state index in [1.807, 2.05) is 16.8 Å². The van der Waals surface area contributed by atoms with Crippen LogP contribution in [-0.4, -0.2) is 25.5 Å². The van der Waals surface area contributed by atoms with Crippen molar-refractivity contribution in [3.63, 3.8) is 0 Å². The molecule has 0 bridgehead atoms. The standard InChI is InChI=1S/C19H25N3O2S/c1-13(2)11-14-6-8-15(9-7-14)18(16-5-4-10-25-16)21-12-17(23)22-19(24)20-3/h4-10,13,18,21H,11-12H2,1-3H3,(H2,20,22,23,24)/p+1/t18-/m0/s1. The Bertz CT molecular complexity index is 681. The molecule has 4 N–H and O–H groups in total. The smallest absolute Gasteiger partial charge is 0.321 e. The van der Waals surface area contributed by atoms with Crippen LogP contribution in [0.1, 0.15) is 35.9 Å². The van der Waals surface area contributed by atoms with Gasteiger partial charge in [-0.2, -0.15) is 0 Å². The van der Waals surface area contributed by atoms with Crippen LogP contribution in [0.2, 0.25) is 0 Å². The molecule has 0 radical (unpaired) electrons. The number of benzene rings is 1. The normalized spacial score (nSPS) is 12.0. The Balaban J connectivity index is 2.09. The lowest BCUT2D eigenvalue weighted by Gasteiger charge is -2.15. The molecule has 134 valence electrons. The molecule has 1 heterocycles. The third kappa shape index (κ3) is 5.99. The summed E-state index contributed by atoms with van der Waals surface area (Å²) >= 11 is 1.67. The fraction of sp³-hybridized carbons (Fsp3) is 0.368. The zero-order valence-corrected chi connectivity index (χ0v) is 15.7. The molecule has 0 saturated carbocycles. The van der Waals surface area contributed by atoms with Crippen LogP contribution >= 0.6 is 11.3 Å². The summed E-state index contributed by atoms with van der Waals surface area (Å²) < 4.78 is 0. The number of carbonyl (C=O) groups excluding carboxylic acids is 2. The van der Waals surface area contributed by atoms with Crippen molar-refractivity contribution >= 4 is 23.3 Å². The van der Waals surface area contributed by atoms with Crippen LogP contribution in [0.5, 0.6) is 0 Å². The minimum Gasteiger partial charge on any atom is -0.341 e. The van der Waals surface area contributed by atoms with Gasteiger partial charge < -0.3 is 10.6 Å². The summed E-state index contributed by atoms with van der Waals surface area (Å²) in [6.07, 6.45) is 1.06. The van der Waals surface area contributed by atoms with Gasteiger partial charge in [0, 0.05) is 12.6 Å². The number of nitrogens with two attached hydrogens (primary N) is 1. The van der Waals surface area contributed by atoms with Gasteiger partial charge in [0.25, 0.3) is 5.91 Å². The molecule has 25 heavy (non-hydrogen) atoms. The van der Waals surface area contributed by atoms with E-state index in [1.54, 1.807) is 11.3 Å². The maximum atomic E-state index is 11.9. The third-order valence-electron chi connectivity index (χ3n) is 3.85. The first-order chi connectivity index (χ1) is 12.0. The van der Waals surface area contributed by atoms with E-state index in [0.29, 0.717) is 5.92 Å². The Morgan fingerprint density at radius 3 is 2.44 bits per heavy atom. The van der Waals surface area contributed by atoms with E-state index >= 15 is 0 Å². The molecule has 0 aliphatic rings. The summed E-state index contributed by atoms with van der Waals surface area (Å²) in [4.78, 5) is 24.3. The van der Waals surface area contributed by atoms with Gasteiger partial charge in [-0.15, -0.1) is 11.3 Å². The lowest BCUT2D eigenvalue weighted by molar-refractivity contribution is -0.676. The first kappa shape index (κ1) is 19.1. The summed E-state index contributed by atoms with van der Waals surface area (Å²) in [6, 6.07) is 12.2. The molecule has 1 atom stereocenters. The van der Waals surface area contributed by atoms with Gasteiger partial charge in [-0.1, -0.05) is 44.2 Å². The van der Waals surface area contributed by atoms with E-state index in [4.69, 9.17) is 0 Å². The van der Waals surface area contributed by atoms with E-state index in [0.717, 1.165) is 12.0 Å². The Kier molecular flexibility index (Phi) is 7.16. The highest BCUT2D eigenvalue weighted by Crippen LogP contribution is 2.23. The highest BCUT2D eigenvalue weighted by Gasteiger charge is 2.20. The molecule has 0 saturated heterocycles. The number of imide groups is 1. The van der Waals surface area contributed by atoms with Gasteiger partial charge in [0.2, 0.25) is 0 Å². The molecular weight excluding hydrogens is 334 g/mol. The van der Waals surface area contributed by atoms with Crippen molar-refractivity contribution in [2.75, 3.05) is 13.6 Å². The summed E-state index contributed by atoms with van der Waals surface area (Å²) in [5, 5.41) is 8.67. The van der Waals surface area contributed by atoms with Gasteiger partial charge in [0.05, 0.1) is 4.88 Å². The minimum absolute atomic E-state index is 0.0449. The monoisotopic (exact) mass is 360 g/mol. The third-order valence-corrected chi connectivity index (χ3v) is 4.81. The van der Waals surface area contributed by atoms with Crippen LogP contribution in [0.4, 0.5) is 4.79 Å². The van der Waals surface area contributed by atoms with Gasteiger partial charge in [0.15, 0.2) is 6.54 Å². The predicted molar refractivity (Wildman–Crippen MR) is 101 cm³/mol. The molecule has 3 amide bonds. The van der Waals surface area contributed by atoms with E-state index in [9.17, 15) is 9.59 Å². The fourth-order valence-corrected chi connectivity index (χ4v) is 3.53. The van der Waals surface area contributed by atoms with Crippen molar-refractivity contribution in [2.45, 2.75) is 26.3 Å². The number of hydrogen-bond donors (Lipinski definition) is 3. The SMILES string of the molecule is CNC(=O)NC(=O)C[NH2+][C@@H](c1ccc(CC(C)C)cc1)c1cccs1. The molecule has 0 unspecified atom stereocenters. The van der Waals surface area contributed by atoms with Crippen molar-refractivity contribution in [3.8, 4) is 0 Å². The minimum atomic E-state index is -0.482. The first-order valence-electron chi connectivity index (χ1n) is 8.46. The Labute approximate surface area is 152 Å². The molecule has 0 spiro atoms. The van der Waals surface area contributed by atoms with E-state index < -0.39 is 6.03 Å². The van der Waals surface area contributed by atoms with Crippen molar-refractivity contribution in [3.05, 3.63) is 57.8 Å². The molecule has 0 fully saturated rings. The summed E-state index contributed by atoms with van der Waals surface area (Å²) in [5.74, 6) is 0.316. The molecule has 6 heteroatoms. The fourth-order valence-electron chi connectivity index (χ4n) is 2.68. The summed E-state index contributed by atoms with van der Waals surface area (Å²) in [6.45, 7) is 4.60. The number of urea groups is 1. The second-order valence-electron chi connectivity index (χ2n) is 6.40. The van der Waals surface area contributed by atoms with Crippen LogP contribution in [-0.2, 0) is 11.2 Å². The highest BCUT2D eigenvalue weighted by atomic mass is 32.1. The van der Waals surface area contributed by atoms with Crippen molar-refractivity contribution in [1.82, 2.24) is 10.6 Å². The number of rotatable bonds is 7. The number of nitrogens with one attached hydrogen (secondary N) is 2. The maximum absolute atomic E-state index is 11.9. The van der Waals surface area contributed by atoms with E-state index in [-0.39, 0.29) is 18.5 Å². The zero-order chi connectivity index (χ0) is 18.2. The topological polar surface area (TPSA) is 74.8 Å². The van der Waals surface area contributed by atoms with Crippen molar-refractivity contribution in [1.29, 1.82) is 0 Å². The van der Waals surface area contributed by atoms with E-state index in [1.165, 1.54) is 17.5 Å². The molecule has 0 aliphatic carbocycles. The van der Waals surface area contributed by atoms with Gasteiger partial charge in [-0.05, 0) is 29.3 Å². The van der Waals surface area contributed by atoms with Crippen molar-refractivity contribution in [2.24, 2.45) is 5.92 Å². The molecule has 0 aliphatic heterocycles. The highest BCUT2D eigenvalue weighted by molar-refractivity contribution is 7.10. The molecular formula is C19H26N3O2S+. The average Bonchev–Trinajstić information content (AvgIpc) is 3.10. The summed E-state index contributed by atoms with van der Waals surface area (Å²) in [7, 11) is 1.49. The zero-order valence-electron chi connectivity index (χ0n) is 14.9. The second kappa shape index (κ2) is 9.34. The molecule has 1 aromatic heterocycles. The molecule has 2 rings (SSSR count). The van der Waals surface area contributed by atoms with Gasteiger partial charge in [-0.25, -0.2) is 4.79 Å². The Morgan fingerprint density at radius 1 is 1.16 bits per heavy atom. The van der Waals surface area contributed by atoms with Crippen LogP contribution in [0.15, 0.2) is 41.8 Å². The number of hydrogen-bond acceptors (Lipinski definition) is 3. The van der Waals surface area contributed by atoms with Crippen LogP contribution < -0.4 is 16.0 Å². The van der Waals surface area contributed by atoms with E-state index in [2.05, 4.69) is 54.8 Å². The number of thiophene rings is 1. The first-order valence-corrected chi connectivity index (χ1v) is 9.34. The molecule has 5 nitrogen and oxygen atoms in total. The van der Waals surface area contributed by atoms with Crippen LogP contribution in [0.25, 0.3) is 0 Å². The maximum Gasteiger partial charge on any atom is 0.321 e. The van der Waals surface area contributed by atoms with Gasteiger partial charge in [0.1, 0.15) is 6.04 Å². The van der Waals surface area contributed by atoms with Crippen LogP contribution in [0, 0.1) is 5.92 Å². The van der Waals surface area contributed by atoms with Crippen LogP contribution in [0.3, 0.4) is 0 Å². The Morgan fingerprint density at radius 2 is 1.88 bits per heavy atom.